The number of hydrogen-bond donors (Lipinski definition) is 0. The van der Waals surface area contributed by atoms with Crippen LogP contribution in [0.25, 0.3) is 40.0 Å². The topological polar surface area (TPSA) is 18.5 Å². The Kier molecular flexibility index (Phi) is 9.38. The minimum Gasteiger partial charge on any atom is -0.496 e. The highest BCUT2D eigenvalue weighted by atomic mass is 28.2. The van der Waals surface area contributed by atoms with Crippen molar-refractivity contribution in [3.05, 3.63) is 121 Å². The first-order valence-corrected chi connectivity index (χ1v) is 20.4. The zero-order valence-corrected chi connectivity index (χ0v) is 34.7. The van der Waals surface area contributed by atoms with Gasteiger partial charge in [0.05, 0.1) is 14.2 Å². The Morgan fingerprint density at radius 1 is 0.529 bits per heavy atom. The van der Waals surface area contributed by atoms with Crippen molar-refractivity contribution in [2.24, 2.45) is 0 Å². The van der Waals surface area contributed by atoms with E-state index in [0.717, 1.165) is 11.5 Å². The maximum atomic E-state index is 6.31. The summed E-state index contributed by atoms with van der Waals surface area (Å²) in [5.41, 5.74) is 24.1. The lowest BCUT2D eigenvalue weighted by molar-refractivity contribution is 0.399. The number of allylic oxidation sites excluding steroid dienone is 3. The summed E-state index contributed by atoms with van der Waals surface area (Å²) in [5, 5.41) is 1.49. The molecule has 0 bridgehead atoms. The molecule has 0 spiro atoms. The third-order valence-corrected chi connectivity index (χ3v) is 12.7. The van der Waals surface area contributed by atoms with E-state index in [1.54, 1.807) is 0 Å². The van der Waals surface area contributed by atoms with Gasteiger partial charge in [-0.2, -0.15) is 0 Å². The molecule has 2 aliphatic rings. The molecule has 0 heterocycles. The van der Waals surface area contributed by atoms with Gasteiger partial charge in [0.25, 0.3) is 0 Å². The van der Waals surface area contributed by atoms with Gasteiger partial charge in [-0.15, -0.1) is 0 Å². The van der Waals surface area contributed by atoms with E-state index in [0.29, 0.717) is 0 Å². The second kappa shape index (κ2) is 13.1. The summed E-state index contributed by atoms with van der Waals surface area (Å²) in [6.07, 6.45) is 4.82. The fourth-order valence-electron chi connectivity index (χ4n) is 8.45. The van der Waals surface area contributed by atoms with Crippen LogP contribution in [-0.4, -0.2) is 27.8 Å². The number of fused-ring (bicyclic) bond motifs is 2. The van der Waals surface area contributed by atoms with Gasteiger partial charge >= 0.3 is 0 Å². The van der Waals surface area contributed by atoms with Crippen molar-refractivity contribution in [2.45, 2.75) is 100 Å². The van der Waals surface area contributed by atoms with E-state index in [1.165, 1.54) is 99.8 Å². The molecule has 2 aliphatic carbocycles. The van der Waals surface area contributed by atoms with Crippen LogP contribution in [0, 0.1) is 27.7 Å². The molecule has 51 heavy (non-hydrogen) atoms. The largest absolute Gasteiger partial charge is 0.496 e. The van der Waals surface area contributed by atoms with E-state index in [-0.39, 0.29) is 10.8 Å². The van der Waals surface area contributed by atoms with Crippen LogP contribution in [-0.2, 0) is 10.8 Å². The summed E-state index contributed by atoms with van der Waals surface area (Å²) >= 11 is 0. The zero-order chi connectivity index (χ0) is 37.3. The number of rotatable bonds is 5. The van der Waals surface area contributed by atoms with Gasteiger partial charge < -0.3 is 9.47 Å². The number of methoxy groups -OCH3 is 2. The Hall–Kier alpha value is -4.21. The Morgan fingerprint density at radius 2 is 0.922 bits per heavy atom. The third-order valence-electron chi connectivity index (χ3n) is 10.5. The average molecular weight is 693 g/mol. The monoisotopic (exact) mass is 692 g/mol. The molecule has 0 saturated carbocycles. The Labute approximate surface area is 309 Å². The molecular weight excluding hydrogens is 637 g/mol. The molecule has 0 atom stereocenters. The number of hydrogen-bond acceptors (Lipinski definition) is 2. The van der Waals surface area contributed by atoms with E-state index in [4.69, 9.17) is 9.47 Å². The molecule has 2 nitrogen and oxygen atoms in total. The lowest BCUT2D eigenvalue weighted by Gasteiger charge is -2.27. The van der Waals surface area contributed by atoms with Crippen molar-refractivity contribution in [1.29, 1.82) is 0 Å². The van der Waals surface area contributed by atoms with Crippen LogP contribution in [0.1, 0.15) is 111 Å². The molecule has 3 heteroatoms. The van der Waals surface area contributed by atoms with Crippen molar-refractivity contribution >= 4 is 31.3 Å². The highest BCUT2D eigenvalue weighted by Crippen LogP contribution is 2.50. The van der Waals surface area contributed by atoms with E-state index < -0.39 is 8.41 Å². The van der Waals surface area contributed by atoms with E-state index >= 15 is 0 Å². The fourth-order valence-corrected chi connectivity index (χ4v) is 10.7. The quantitative estimate of drug-likeness (QED) is 0.194. The van der Waals surface area contributed by atoms with Crippen LogP contribution >= 0.6 is 0 Å². The molecule has 0 amide bonds. The van der Waals surface area contributed by atoms with E-state index in [9.17, 15) is 0 Å². The van der Waals surface area contributed by atoms with Crippen LogP contribution in [0.4, 0.5) is 0 Å². The van der Waals surface area contributed by atoms with Crippen LogP contribution in [0.3, 0.4) is 0 Å². The molecule has 0 N–H and O–H groups in total. The molecule has 0 unspecified atom stereocenters. The van der Waals surface area contributed by atoms with Gasteiger partial charge in [0.1, 0.15) is 11.5 Å². The third kappa shape index (κ3) is 6.55. The van der Waals surface area contributed by atoms with Gasteiger partial charge in [-0.05, 0) is 120 Å². The molecule has 6 rings (SSSR count). The van der Waals surface area contributed by atoms with Crippen molar-refractivity contribution in [3.8, 4) is 33.8 Å². The maximum Gasteiger partial charge on any atom is 0.131 e. The lowest BCUT2D eigenvalue weighted by atomic mass is 9.80. The summed E-state index contributed by atoms with van der Waals surface area (Å²) in [7, 11) is 2.50. The van der Waals surface area contributed by atoms with E-state index in [2.05, 4.69) is 156 Å². The second-order valence-corrected chi connectivity index (χ2v) is 19.3. The first-order valence-electron chi connectivity index (χ1n) is 18.3. The Bertz CT molecular complexity index is 2200. The van der Waals surface area contributed by atoms with Crippen LogP contribution in [0.2, 0.25) is 6.55 Å². The van der Waals surface area contributed by atoms with E-state index in [1.807, 2.05) is 14.2 Å². The Balaban J connectivity index is 1.64. The first-order chi connectivity index (χ1) is 23.8. The highest BCUT2D eigenvalue weighted by Gasteiger charge is 2.32. The predicted octanol–water partition coefficient (Wildman–Crippen LogP) is 12.5. The SMILES string of the molecule is COc1c(C(C)(C)C)cc2c(c1-c1cc(C)cc(C)c1)C=C(C)C2=C[Si](C)=C1C(C)=Cc2c1cc(C(C)(C)C)c(OC)c2-c1cc(C)cc(C)c1. The van der Waals surface area contributed by atoms with Crippen LogP contribution < -0.4 is 9.47 Å². The molecule has 0 radical (unpaired) electrons. The molecule has 4 aromatic rings. The normalized spacial score (nSPS) is 15.9. The fraction of sp³-hybridized carbons (Fsp3) is 0.354. The molecule has 4 aromatic carbocycles. The summed E-state index contributed by atoms with van der Waals surface area (Å²) in [6.45, 7) is 29.6. The van der Waals surface area contributed by atoms with Gasteiger partial charge in [0, 0.05) is 30.7 Å². The second-order valence-electron chi connectivity index (χ2n) is 17.1. The number of benzene rings is 4. The van der Waals surface area contributed by atoms with Gasteiger partial charge in [-0.3, -0.25) is 0 Å². The minimum atomic E-state index is -1.16. The van der Waals surface area contributed by atoms with Gasteiger partial charge in [-0.1, -0.05) is 125 Å². The molecule has 0 saturated heterocycles. The van der Waals surface area contributed by atoms with Crippen molar-refractivity contribution in [1.82, 2.24) is 0 Å². The standard InChI is InChI=1S/C48H56O2Si/c1-27-16-28(2)19-33(18-27)42-36-22-31(5)39(35(36)24-40(44(42)49-13)47(7,8)9)26-51(15)46-32(6)23-37-38(46)25-41(48(10,11)12)45(50-14)43(37)34-20-29(3)17-30(4)21-34/h16-26H,1-15H3. The Morgan fingerprint density at radius 3 is 1.33 bits per heavy atom. The molecule has 264 valence electrons. The summed E-state index contributed by atoms with van der Waals surface area (Å²) in [6, 6.07) is 18.6. The van der Waals surface area contributed by atoms with Gasteiger partial charge in [0.2, 0.25) is 0 Å². The van der Waals surface area contributed by atoms with Crippen LogP contribution in [0.5, 0.6) is 11.5 Å². The van der Waals surface area contributed by atoms with Gasteiger partial charge in [0.15, 0.2) is 0 Å². The molecule has 0 fully saturated rings. The van der Waals surface area contributed by atoms with Gasteiger partial charge in [-0.25, -0.2) is 0 Å². The maximum absolute atomic E-state index is 6.31. The molecular formula is C48H56O2Si. The number of aryl methyl sites for hydroxylation is 4. The summed E-state index contributed by atoms with van der Waals surface area (Å²) < 4.78 is 12.6. The van der Waals surface area contributed by atoms with Crippen molar-refractivity contribution < 1.29 is 9.47 Å². The molecule has 0 aliphatic heterocycles. The summed E-state index contributed by atoms with van der Waals surface area (Å²) in [5.74, 6) is 1.98. The van der Waals surface area contributed by atoms with Crippen molar-refractivity contribution in [3.63, 3.8) is 0 Å². The van der Waals surface area contributed by atoms with Crippen molar-refractivity contribution in [2.75, 3.05) is 14.2 Å². The highest BCUT2D eigenvalue weighted by molar-refractivity contribution is 6.81. The smallest absolute Gasteiger partial charge is 0.131 e. The summed E-state index contributed by atoms with van der Waals surface area (Å²) in [4.78, 5) is 0. The molecule has 0 aromatic heterocycles. The number of ether oxygens (including phenoxy) is 2. The average Bonchev–Trinajstić information content (AvgIpc) is 3.51. The predicted molar refractivity (Wildman–Crippen MR) is 224 cm³/mol. The first kappa shape index (κ1) is 36.6. The van der Waals surface area contributed by atoms with Crippen LogP contribution in [0.15, 0.2) is 65.4 Å². The zero-order valence-electron chi connectivity index (χ0n) is 33.7. The lowest BCUT2D eigenvalue weighted by Crippen LogP contribution is -2.18. The minimum absolute atomic E-state index is 0.0919.